The molecule has 0 unspecified atom stereocenters. The molecule has 0 heterocycles. The number of allylic oxidation sites excluding steroid dienone is 3. The molecule has 0 aliphatic carbocycles. The van der Waals surface area contributed by atoms with E-state index in [9.17, 15) is 4.79 Å². The first kappa shape index (κ1) is 15.9. The summed E-state index contributed by atoms with van der Waals surface area (Å²) in [6.45, 7) is 12.2. The smallest absolute Gasteiger partial charge is 0.296 e. The van der Waals surface area contributed by atoms with Crippen LogP contribution in [0, 0.1) is 10.8 Å². The summed E-state index contributed by atoms with van der Waals surface area (Å²) < 4.78 is 0. The maximum atomic E-state index is 11.6. The summed E-state index contributed by atoms with van der Waals surface area (Å²) in [5.41, 5.74) is 0.222. The van der Waals surface area contributed by atoms with Gasteiger partial charge in [-0.3, -0.25) is 4.89 Å². The van der Waals surface area contributed by atoms with E-state index in [0.717, 1.165) is 6.42 Å². The zero-order valence-electron chi connectivity index (χ0n) is 11.7. The average Bonchev–Trinajstić information content (AvgIpc) is 2.13. The van der Waals surface area contributed by atoms with Crippen LogP contribution in [0.1, 0.15) is 48.0 Å². The van der Waals surface area contributed by atoms with E-state index in [1.54, 1.807) is 12.2 Å². The number of carbonyl (C=O) groups is 1. The van der Waals surface area contributed by atoms with Gasteiger partial charge >= 0.3 is 5.97 Å². The Hall–Kier alpha value is -1.09. The molecule has 0 atom stereocenters. The van der Waals surface area contributed by atoms with E-state index in [0.29, 0.717) is 5.57 Å². The van der Waals surface area contributed by atoms with Crippen LogP contribution in [0.2, 0.25) is 0 Å². The molecule has 0 fully saturated rings. The lowest BCUT2D eigenvalue weighted by atomic mass is 9.72. The van der Waals surface area contributed by atoms with Gasteiger partial charge in [-0.05, 0) is 24.2 Å². The number of rotatable bonds is 4. The largest absolute Gasteiger partial charge is 0.369 e. The van der Waals surface area contributed by atoms with Crippen molar-refractivity contribution in [1.82, 2.24) is 0 Å². The van der Waals surface area contributed by atoms with Crippen molar-refractivity contribution in [3.63, 3.8) is 0 Å². The van der Waals surface area contributed by atoms with E-state index in [-0.39, 0.29) is 10.8 Å². The lowest BCUT2D eigenvalue weighted by Crippen LogP contribution is -2.27. The Balaban J connectivity index is 5.23. The number of carbonyl (C=O) groups excluding carboxylic acids is 1. The quantitative estimate of drug-likeness (QED) is 0.350. The predicted octanol–water partition coefficient (Wildman–Crippen LogP) is 3.97. The van der Waals surface area contributed by atoms with E-state index in [1.807, 2.05) is 26.8 Å². The van der Waals surface area contributed by atoms with Gasteiger partial charge in [-0.15, -0.1) is 0 Å². The van der Waals surface area contributed by atoms with Crippen molar-refractivity contribution in [2.24, 2.45) is 10.8 Å². The fourth-order valence-electron chi connectivity index (χ4n) is 2.23. The average molecular weight is 240 g/mol. The molecule has 98 valence electrons. The Morgan fingerprint density at radius 2 is 1.76 bits per heavy atom. The first-order valence-corrected chi connectivity index (χ1v) is 5.83. The van der Waals surface area contributed by atoms with Crippen LogP contribution in [-0.2, 0) is 9.68 Å². The minimum atomic E-state index is -0.683. The third kappa shape index (κ3) is 5.68. The van der Waals surface area contributed by atoms with Crippen molar-refractivity contribution in [2.45, 2.75) is 48.0 Å². The van der Waals surface area contributed by atoms with Gasteiger partial charge in [0.05, 0.1) is 0 Å². The SMILES string of the molecule is CC=CC=C(C(=O)OO)C(C)(C)CC(C)(C)C. The van der Waals surface area contributed by atoms with Crippen LogP contribution in [-0.4, -0.2) is 11.2 Å². The molecule has 0 rings (SSSR count). The summed E-state index contributed by atoms with van der Waals surface area (Å²) in [7, 11) is 0. The second kappa shape index (κ2) is 6.01. The molecule has 1 N–H and O–H groups in total. The van der Waals surface area contributed by atoms with E-state index >= 15 is 0 Å². The molecule has 0 radical (unpaired) electrons. The van der Waals surface area contributed by atoms with Crippen LogP contribution >= 0.6 is 0 Å². The summed E-state index contributed by atoms with van der Waals surface area (Å²) in [5, 5.41) is 8.55. The van der Waals surface area contributed by atoms with Crippen LogP contribution in [0.3, 0.4) is 0 Å². The third-order valence-electron chi connectivity index (χ3n) is 2.46. The van der Waals surface area contributed by atoms with Crippen LogP contribution in [0.5, 0.6) is 0 Å². The molecule has 0 aromatic carbocycles. The highest BCUT2D eigenvalue weighted by atomic mass is 17.1. The van der Waals surface area contributed by atoms with Gasteiger partial charge in [-0.25, -0.2) is 4.79 Å². The highest BCUT2D eigenvalue weighted by molar-refractivity contribution is 5.89. The van der Waals surface area contributed by atoms with Gasteiger partial charge in [0.2, 0.25) is 0 Å². The van der Waals surface area contributed by atoms with Crippen molar-refractivity contribution in [1.29, 1.82) is 0 Å². The Labute approximate surface area is 104 Å². The topological polar surface area (TPSA) is 46.5 Å². The lowest BCUT2D eigenvalue weighted by molar-refractivity contribution is -0.230. The zero-order chi connectivity index (χ0) is 13.7. The Bertz CT molecular complexity index is 317. The standard InChI is InChI=1S/C14H24O3/c1-7-8-9-11(12(15)17-16)14(5,6)10-13(2,3)4/h7-9,16H,10H2,1-6H3. The monoisotopic (exact) mass is 240 g/mol. The van der Waals surface area contributed by atoms with Gasteiger partial charge in [0.15, 0.2) is 0 Å². The molecule has 0 aromatic heterocycles. The number of hydrogen-bond acceptors (Lipinski definition) is 3. The van der Waals surface area contributed by atoms with Crippen molar-refractivity contribution in [2.75, 3.05) is 0 Å². The molecule has 0 saturated heterocycles. The van der Waals surface area contributed by atoms with Crippen molar-refractivity contribution < 1.29 is 14.9 Å². The predicted molar refractivity (Wildman–Crippen MR) is 69.5 cm³/mol. The molecule has 3 nitrogen and oxygen atoms in total. The van der Waals surface area contributed by atoms with Gasteiger partial charge in [0.1, 0.15) is 0 Å². The molecule has 0 aliphatic rings. The van der Waals surface area contributed by atoms with Gasteiger partial charge in [-0.2, -0.15) is 5.26 Å². The molecule has 0 bridgehead atoms. The van der Waals surface area contributed by atoms with Gasteiger partial charge in [0.25, 0.3) is 0 Å². The molecular formula is C14H24O3. The summed E-state index contributed by atoms with van der Waals surface area (Å²) in [6.07, 6.45) is 6.12. The van der Waals surface area contributed by atoms with E-state index < -0.39 is 5.97 Å². The van der Waals surface area contributed by atoms with E-state index in [4.69, 9.17) is 5.26 Å². The second-order valence-corrected chi connectivity index (χ2v) is 6.11. The summed E-state index contributed by atoms with van der Waals surface area (Å²) in [6, 6.07) is 0. The van der Waals surface area contributed by atoms with Crippen LogP contribution in [0.15, 0.2) is 23.8 Å². The fraction of sp³-hybridized carbons (Fsp3) is 0.643. The molecule has 0 spiro atoms. The second-order valence-electron chi connectivity index (χ2n) is 6.11. The van der Waals surface area contributed by atoms with E-state index in [1.165, 1.54) is 0 Å². The summed E-state index contributed by atoms with van der Waals surface area (Å²) in [4.78, 5) is 15.4. The molecular weight excluding hydrogens is 216 g/mol. The maximum absolute atomic E-state index is 11.6. The van der Waals surface area contributed by atoms with Crippen LogP contribution < -0.4 is 0 Å². The minimum Gasteiger partial charge on any atom is -0.296 e. The molecule has 0 amide bonds. The minimum absolute atomic E-state index is 0.0915. The summed E-state index contributed by atoms with van der Waals surface area (Å²) in [5.74, 6) is -0.683. The molecule has 0 aliphatic heterocycles. The highest BCUT2D eigenvalue weighted by Crippen LogP contribution is 2.39. The van der Waals surface area contributed by atoms with Crippen LogP contribution in [0.25, 0.3) is 0 Å². The molecule has 0 saturated carbocycles. The van der Waals surface area contributed by atoms with E-state index in [2.05, 4.69) is 25.7 Å². The van der Waals surface area contributed by atoms with Crippen LogP contribution in [0.4, 0.5) is 0 Å². The molecule has 0 aromatic rings. The van der Waals surface area contributed by atoms with Gasteiger partial charge in [0, 0.05) is 5.57 Å². The fourth-order valence-corrected chi connectivity index (χ4v) is 2.23. The van der Waals surface area contributed by atoms with Gasteiger partial charge < -0.3 is 0 Å². The highest BCUT2D eigenvalue weighted by Gasteiger charge is 2.33. The first-order chi connectivity index (χ1) is 7.64. The Morgan fingerprint density at radius 1 is 1.24 bits per heavy atom. The van der Waals surface area contributed by atoms with Gasteiger partial charge in [-0.1, -0.05) is 52.8 Å². The van der Waals surface area contributed by atoms with Crippen molar-refractivity contribution in [3.05, 3.63) is 23.8 Å². The first-order valence-electron chi connectivity index (χ1n) is 5.83. The number of hydrogen-bond donors (Lipinski definition) is 1. The van der Waals surface area contributed by atoms with Crippen molar-refractivity contribution in [3.8, 4) is 0 Å². The molecule has 17 heavy (non-hydrogen) atoms. The third-order valence-corrected chi connectivity index (χ3v) is 2.46. The Kier molecular flexibility index (Phi) is 5.62. The normalized spacial score (nSPS) is 14.2. The summed E-state index contributed by atoms with van der Waals surface area (Å²) >= 11 is 0. The Morgan fingerprint density at radius 3 is 2.12 bits per heavy atom. The zero-order valence-corrected chi connectivity index (χ0v) is 11.7. The maximum Gasteiger partial charge on any atom is 0.369 e. The molecule has 3 heteroatoms. The van der Waals surface area contributed by atoms with Crippen molar-refractivity contribution >= 4 is 5.97 Å². The lowest BCUT2D eigenvalue weighted by Gasteiger charge is -2.33.